The molecular weight excluding hydrogens is 284 g/mol. The number of hydrogen-bond acceptors (Lipinski definition) is 1. The van der Waals surface area contributed by atoms with Crippen LogP contribution in [0.5, 0.6) is 0 Å². The van der Waals surface area contributed by atoms with Gasteiger partial charge in [-0.1, -0.05) is 36.8 Å². The highest BCUT2D eigenvalue weighted by Crippen LogP contribution is 2.43. The minimum atomic E-state index is -1.01. The Kier molecular flexibility index (Phi) is 3.92. The van der Waals surface area contributed by atoms with Crippen LogP contribution in [-0.2, 0) is 5.41 Å². The zero-order valence-electron chi connectivity index (χ0n) is 12.1. The van der Waals surface area contributed by atoms with Crippen molar-refractivity contribution >= 4 is 5.91 Å². The second kappa shape index (κ2) is 5.87. The summed E-state index contributed by atoms with van der Waals surface area (Å²) in [5.41, 5.74) is 1.32. The molecule has 0 unspecified atom stereocenters. The summed E-state index contributed by atoms with van der Waals surface area (Å²) in [5, 5.41) is 2.86. The third-order valence-corrected chi connectivity index (χ3v) is 4.47. The summed E-state index contributed by atoms with van der Waals surface area (Å²) in [7, 11) is 0. The predicted molar refractivity (Wildman–Crippen MR) is 80.7 cm³/mol. The lowest BCUT2D eigenvalue weighted by molar-refractivity contribution is 0.0927. The molecule has 2 aromatic carbocycles. The van der Waals surface area contributed by atoms with E-state index in [1.807, 2.05) is 18.2 Å². The van der Waals surface area contributed by atoms with Crippen molar-refractivity contribution in [1.29, 1.82) is 0 Å². The van der Waals surface area contributed by atoms with E-state index in [4.69, 9.17) is 0 Å². The summed E-state index contributed by atoms with van der Waals surface area (Å²) in [6, 6.07) is 13.3. The molecule has 0 bridgehead atoms. The topological polar surface area (TPSA) is 29.1 Å². The first-order chi connectivity index (χ1) is 10.6. The summed E-state index contributed by atoms with van der Waals surface area (Å²) in [4.78, 5) is 12.1. The minimum Gasteiger partial charge on any atom is -0.351 e. The van der Waals surface area contributed by atoms with Gasteiger partial charge in [0.05, 0.1) is 0 Å². The van der Waals surface area contributed by atoms with Crippen molar-refractivity contribution < 1.29 is 13.6 Å². The number of amides is 1. The maximum absolute atomic E-state index is 13.2. The molecule has 22 heavy (non-hydrogen) atoms. The van der Waals surface area contributed by atoms with E-state index >= 15 is 0 Å². The van der Waals surface area contributed by atoms with E-state index in [9.17, 15) is 13.6 Å². The van der Waals surface area contributed by atoms with Gasteiger partial charge in [-0.05, 0) is 36.6 Å². The van der Waals surface area contributed by atoms with Crippen LogP contribution in [0.3, 0.4) is 0 Å². The summed E-state index contributed by atoms with van der Waals surface area (Å²) in [5.74, 6) is -2.33. The van der Waals surface area contributed by atoms with Gasteiger partial charge in [-0.2, -0.15) is 0 Å². The predicted octanol–water partition coefficient (Wildman–Crippen LogP) is 3.82. The molecule has 0 aliphatic heterocycles. The molecule has 4 heteroatoms. The molecule has 2 nitrogen and oxygen atoms in total. The molecule has 3 rings (SSSR count). The van der Waals surface area contributed by atoms with Gasteiger partial charge < -0.3 is 5.32 Å². The molecule has 0 aromatic heterocycles. The molecule has 0 heterocycles. The van der Waals surface area contributed by atoms with Crippen LogP contribution in [0, 0.1) is 11.6 Å². The van der Waals surface area contributed by atoms with Gasteiger partial charge in [-0.25, -0.2) is 8.78 Å². The van der Waals surface area contributed by atoms with Crippen LogP contribution in [0.2, 0.25) is 0 Å². The smallest absolute Gasteiger partial charge is 0.251 e. The van der Waals surface area contributed by atoms with Gasteiger partial charge in [-0.3, -0.25) is 4.79 Å². The van der Waals surface area contributed by atoms with Gasteiger partial charge in [0.2, 0.25) is 0 Å². The molecule has 1 amide bonds. The van der Waals surface area contributed by atoms with Gasteiger partial charge in [0.1, 0.15) is 0 Å². The Morgan fingerprint density at radius 1 is 1.05 bits per heavy atom. The Labute approximate surface area is 128 Å². The normalized spacial score (nSPS) is 15.9. The molecule has 1 aliphatic carbocycles. The van der Waals surface area contributed by atoms with Crippen molar-refractivity contribution in [3.63, 3.8) is 0 Å². The average molecular weight is 301 g/mol. The van der Waals surface area contributed by atoms with Crippen molar-refractivity contribution in [3.05, 3.63) is 71.3 Å². The van der Waals surface area contributed by atoms with Crippen LogP contribution in [0.15, 0.2) is 48.5 Å². The van der Waals surface area contributed by atoms with Gasteiger partial charge in [0.15, 0.2) is 11.6 Å². The van der Waals surface area contributed by atoms with E-state index in [1.54, 1.807) is 0 Å². The fourth-order valence-electron chi connectivity index (χ4n) is 2.95. The van der Waals surface area contributed by atoms with Gasteiger partial charge in [0, 0.05) is 17.5 Å². The molecule has 0 radical (unpaired) electrons. The second-order valence-corrected chi connectivity index (χ2v) is 5.81. The number of rotatable bonds is 4. The highest BCUT2D eigenvalue weighted by Gasteiger charge is 2.38. The molecule has 1 aliphatic rings. The average Bonchev–Trinajstić information content (AvgIpc) is 2.50. The molecule has 0 saturated heterocycles. The molecule has 2 aromatic rings. The van der Waals surface area contributed by atoms with E-state index < -0.39 is 11.6 Å². The third kappa shape index (κ3) is 2.73. The monoisotopic (exact) mass is 301 g/mol. The zero-order valence-corrected chi connectivity index (χ0v) is 12.1. The number of hydrogen-bond donors (Lipinski definition) is 1. The summed E-state index contributed by atoms with van der Waals surface area (Å²) < 4.78 is 26.1. The molecule has 114 valence electrons. The molecule has 0 atom stereocenters. The van der Waals surface area contributed by atoms with Crippen LogP contribution < -0.4 is 5.32 Å². The Bertz CT molecular complexity index is 681. The van der Waals surface area contributed by atoms with Crippen molar-refractivity contribution in [2.45, 2.75) is 24.7 Å². The number of benzene rings is 2. The molecule has 1 fully saturated rings. The van der Waals surface area contributed by atoms with E-state index in [0.717, 1.165) is 31.4 Å². The molecular formula is C18H17F2NO. The fraction of sp³-hybridized carbons (Fsp3) is 0.278. The standard InChI is InChI=1S/C18H17F2NO/c19-15-8-7-13(11-16(15)20)17(22)21-12-18(9-4-10-18)14-5-2-1-3-6-14/h1-3,5-8,11H,4,9-10,12H2,(H,21,22). The summed E-state index contributed by atoms with van der Waals surface area (Å²) >= 11 is 0. The second-order valence-electron chi connectivity index (χ2n) is 5.81. The van der Waals surface area contributed by atoms with Gasteiger partial charge in [0.25, 0.3) is 5.91 Å². The number of nitrogens with one attached hydrogen (secondary N) is 1. The zero-order chi connectivity index (χ0) is 15.6. The highest BCUT2D eigenvalue weighted by atomic mass is 19.2. The number of carbonyl (C=O) groups is 1. The Hall–Kier alpha value is -2.23. The highest BCUT2D eigenvalue weighted by molar-refractivity contribution is 5.94. The number of carbonyl (C=O) groups excluding carboxylic acids is 1. The lowest BCUT2D eigenvalue weighted by Crippen LogP contribution is -2.45. The van der Waals surface area contributed by atoms with Crippen LogP contribution >= 0.6 is 0 Å². The fourth-order valence-corrected chi connectivity index (χ4v) is 2.95. The summed E-state index contributed by atoms with van der Waals surface area (Å²) in [6.07, 6.45) is 3.18. The van der Waals surface area contributed by atoms with E-state index in [1.165, 1.54) is 11.6 Å². The lowest BCUT2D eigenvalue weighted by atomic mass is 9.64. The Morgan fingerprint density at radius 3 is 2.36 bits per heavy atom. The van der Waals surface area contributed by atoms with E-state index in [-0.39, 0.29) is 16.9 Å². The van der Waals surface area contributed by atoms with Crippen LogP contribution in [0.1, 0.15) is 35.2 Å². The molecule has 1 N–H and O–H groups in total. The van der Waals surface area contributed by atoms with Crippen molar-refractivity contribution in [2.24, 2.45) is 0 Å². The third-order valence-electron chi connectivity index (χ3n) is 4.47. The van der Waals surface area contributed by atoms with Crippen LogP contribution in [-0.4, -0.2) is 12.5 Å². The van der Waals surface area contributed by atoms with Crippen LogP contribution in [0.4, 0.5) is 8.78 Å². The van der Waals surface area contributed by atoms with Crippen LogP contribution in [0.25, 0.3) is 0 Å². The SMILES string of the molecule is O=C(NCC1(c2ccccc2)CCC1)c1ccc(F)c(F)c1. The first-order valence-corrected chi connectivity index (χ1v) is 7.40. The van der Waals surface area contributed by atoms with E-state index in [2.05, 4.69) is 17.4 Å². The maximum Gasteiger partial charge on any atom is 0.251 e. The van der Waals surface area contributed by atoms with Crippen molar-refractivity contribution in [1.82, 2.24) is 5.32 Å². The van der Waals surface area contributed by atoms with Crippen molar-refractivity contribution in [3.8, 4) is 0 Å². The first-order valence-electron chi connectivity index (χ1n) is 7.40. The minimum absolute atomic E-state index is 0.0322. The number of halogens is 2. The van der Waals surface area contributed by atoms with Crippen molar-refractivity contribution in [2.75, 3.05) is 6.54 Å². The lowest BCUT2D eigenvalue weighted by Gasteiger charge is -2.42. The first kappa shape index (κ1) is 14.7. The Morgan fingerprint density at radius 2 is 1.77 bits per heavy atom. The van der Waals surface area contributed by atoms with Gasteiger partial charge >= 0.3 is 0 Å². The largest absolute Gasteiger partial charge is 0.351 e. The molecule has 1 saturated carbocycles. The quantitative estimate of drug-likeness (QED) is 0.914. The molecule has 0 spiro atoms. The Balaban J connectivity index is 1.71. The van der Waals surface area contributed by atoms with E-state index in [0.29, 0.717) is 6.54 Å². The maximum atomic E-state index is 13.2. The summed E-state index contributed by atoms with van der Waals surface area (Å²) in [6.45, 7) is 0.509. The van der Waals surface area contributed by atoms with Gasteiger partial charge in [-0.15, -0.1) is 0 Å².